The molecular formula is C18H15F2N3O2. The average Bonchev–Trinajstić information content (AvgIpc) is 3.11. The summed E-state index contributed by atoms with van der Waals surface area (Å²) in [5.41, 5.74) is 1.75. The lowest BCUT2D eigenvalue weighted by molar-refractivity contribution is -0.115. The summed E-state index contributed by atoms with van der Waals surface area (Å²) < 4.78 is 32.5. The molecule has 1 aromatic heterocycles. The van der Waals surface area contributed by atoms with Gasteiger partial charge in [0.2, 0.25) is 5.91 Å². The lowest BCUT2D eigenvalue weighted by atomic mass is 10.1. The molecule has 3 rings (SSSR count). The number of H-pyrrole nitrogens is 1. The highest BCUT2D eigenvalue weighted by atomic mass is 19.1. The van der Waals surface area contributed by atoms with E-state index in [1.54, 1.807) is 6.20 Å². The summed E-state index contributed by atoms with van der Waals surface area (Å²) in [7, 11) is 1.43. The maximum atomic E-state index is 14.4. The second kappa shape index (κ2) is 7.12. The number of carbonyl (C=O) groups is 1. The van der Waals surface area contributed by atoms with Gasteiger partial charge in [-0.05, 0) is 23.8 Å². The van der Waals surface area contributed by atoms with Crippen molar-refractivity contribution >= 4 is 11.6 Å². The van der Waals surface area contributed by atoms with E-state index >= 15 is 0 Å². The van der Waals surface area contributed by atoms with Crippen molar-refractivity contribution in [2.75, 3.05) is 12.4 Å². The number of hydrogen-bond donors (Lipinski definition) is 2. The Kier molecular flexibility index (Phi) is 4.74. The molecule has 0 radical (unpaired) electrons. The molecule has 2 aromatic carbocycles. The first-order chi connectivity index (χ1) is 12.1. The van der Waals surface area contributed by atoms with Crippen LogP contribution in [-0.2, 0) is 11.2 Å². The minimum Gasteiger partial charge on any atom is -0.495 e. The third kappa shape index (κ3) is 3.82. The topological polar surface area (TPSA) is 67.0 Å². The Balaban J connectivity index is 1.80. The van der Waals surface area contributed by atoms with Gasteiger partial charge in [-0.25, -0.2) is 8.78 Å². The summed E-state index contributed by atoms with van der Waals surface area (Å²) in [6.45, 7) is 0. The van der Waals surface area contributed by atoms with Crippen molar-refractivity contribution in [2.45, 2.75) is 6.42 Å². The van der Waals surface area contributed by atoms with Crippen molar-refractivity contribution in [2.24, 2.45) is 0 Å². The van der Waals surface area contributed by atoms with Crippen LogP contribution in [0.4, 0.5) is 14.5 Å². The molecule has 7 heteroatoms. The number of rotatable bonds is 5. The molecule has 0 unspecified atom stereocenters. The van der Waals surface area contributed by atoms with E-state index in [1.165, 1.54) is 49.7 Å². The van der Waals surface area contributed by atoms with E-state index in [-0.39, 0.29) is 23.8 Å². The summed E-state index contributed by atoms with van der Waals surface area (Å²) in [5.74, 6) is -0.924. The van der Waals surface area contributed by atoms with Crippen LogP contribution in [-0.4, -0.2) is 23.2 Å². The third-order valence-electron chi connectivity index (χ3n) is 3.65. The van der Waals surface area contributed by atoms with Crippen LogP contribution in [0.2, 0.25) is 0 Å². The summed E-state index contributed by atoms with van der Waals surface area (Å²) in [6.07, 6.45) is 3.09. The number of carbonyl (C=O) groups excluding carboxylic acids is 1. The van der Waals surface area contributed by atoms with Crippen LogP contribution in [0.1, 0.15) is 5.56 Å². The van der Waals surface area contributed by atoms with Crippen LogP contribution in [0, 0.1) is 11.6 Å². The van der Waals surface area contributed by atoms with Gasteiger partial charge in [-0.1, -0.05) is 12.1 Å². The SMILES string of the molecule is COc1cc(-c2cn[nH]c2)c(F)cc1NC(=O)Cc1ccc(F)cc1. The van der Waals surface area contributed by atoms with E-state index in [0.717, 1.165) is 0 Å². The smallest absolute Gasteiger partial charge is 0.228 e. The quantitative estimate of drug-likeness (QED) is 0.744. The fraction of sp³-hybridized carbons (Fsp3) is 0.111. The first-order valence-electron chi connectivity index (χ1n) is 7.48. The van der Waals surface area contributed by atoms with Crippen molar-refractivity contribution in [1.29, 1.82) is 0 Å². The van der Waals surface area contributed by atoms with E-state index in [4.69, 9.17) is 4.74 Å². The fourth-order valence-electron chi connectivity index (χ4n) is 2.42. The van der Waals surface area contributed by atoms with Crippen molar-refractivity contribution < 1.29 is 18.3 Å². The molecule has 0 bridgehead atoms. The molecule has 0 aliphatic heterocycles. The highest BCUT2D eigenvalue weighted by Gasteiger charge is 2.15. The lowest BCUT2D eigenvalue weighted by Crippen LogP contribution is -2.15. The maximum Gasteiger partial charge on any atom is 0.228 e. The Morgan fingerprint density at radius 2 is 2.00 bits per heavy atom. The maximum absolute atomic E-state index is 14.4. The Labute approximate surface area is 142 Å². The Bertz CT molecular complexity index is 878. The summed E-state index contributed by atoms with van der Waals surface area (Å²) in [5, 5.41) is 9.02. The number of amides is 1. The van der Waals surface area contributed by atoms with Gasteiger partial charge >= 0.3 is 0 Å². The van der Waals surface area contributed by atoms with Crippen LogP contribution in [0.5, 0.6) is 5.75 Å². The molecule has 25 heavy (non-hydrogen) atoms. The second-order valence-electron chi connectivity index (χ2n) is 5.37. The Hall–Kier alpha value is -3.22. The molecule has 0 aliphatic carbocycles. The minimum atomic E-state index is -0.515. The van der Waals surface area contributed by atoms with Gasteiger partial charge in [0.1, 0.15) is 17.4 Å². The molecule has 1 heterocycles. The molecule has 0 atom stereocenters. The molecule has 3 aromatic rings. The predicted octanol–water partition coefficient (Wildman–Crippen LogP) is 3.54. The number of methoxy groups -OCH3 is 1. The molecule has 1 amide bonds. The number of aromatic nitrogens is 2. The van der Waals surface area contributed by atoms with Gasteiger partial charge in [0.05, 0.1) is 25.4 Å². The zero-order valence-electron chi connectivity index (χ0n) is 13.3. The molecule has 128 valence electrons. The summed E-state index contributed by atoms with van der Waals surface area (Å²) in [6, 6.07) is 8.30. The van der Waals surface area contributed by atoms with Gasteiger partial charge in [-0.3, -0.25) is 9.89 Å². The number of ether oxygens (including phenoxy) is 1. The minimum absolute atomic E-state index is 0.0362. The highest BCUT2D eigenvalue weighted by Crippen LogP contribution is 2.33. The zero-order chi connectivity index (χ0) is 17.8. The number of aromatic amines is 1. The molecule has 0 saturated carbocycles. The van der Waals surface area contributed by atoms with Crippen LogP contribution >= 0.6 is 0 Å². The molecule has 0 fully saturated rings. The van der Waals surface area contributed by atoms with Gasteiger partial charge in [0.15, 0.2) is 0 Å². The van der Waals surface area contributed by atoms with Gasteiger partial charge in [0, 0.05) is 23.4 Å². The second-order valence-corrected chi connectivity index (χ2v) is 5.37. The van der Waals surface area contributed by atoms with Crippen molar-refractivity contribution in [3.63, 3.8) is 0 Å². The number of benzene rings is 2. The van der Waals surface area contributed by atoms with Crippen molar-refractivity contribution in [3.05, 3.63) is 66.0 Å². The van der Waals surface area contributed by atoms with E-state index in [0.29, 0.717) is 22.4 Å². The number of halogens is 2. The van der Waals surface area contributed by atoms with Crippen LogP contribution in [0.15, 0.2) is 48.8 Å². The number of hydrogen-bond acceptors (Lipinski definition) is 3. The average molecular weight is 343 g/mol. The molecule has 0 saturated heterocycles. The monoisotopic (exact) mass is 343 g/mol. The summed E-state index contributed by atoms with van der Waals surface area (Å²) in [4.78, 5) is 12.2. The number of nitrogens with one attached hydrogen (secondary N) is 2. The zero-order valence-corrected chi connectivity index (χ0v) is 13.3. The van der Waals surface area contributed by atoms with Crippen LogP contribution in [0.25, 0.3) is 11.1 Å². The van der Waals surface area contributed by atoms with E-state index in [9.17, 15) is 13.6 Å². The van der Waals surface area contributed by atoms with Gasteiger partial charge < -0.3 is 10.1 Å². The van der Waals surface area contributed by atoms with Crippen molar-refractivity contribution in [1.82, 2.24) is 10.2 Å². The Morgan fingerprint density at radius 3 is 2.64 bits per heavy atom. The predicted molar refractivity (Wildman–Crippen MR) is 89.3 cm³/mol. The number of nitrogens with zero attached hydrogens (tertiary/aromatic N) is 1. The summed E-state index contributed by atoms with van der Waals surface area (Å²) >= 11 is 0. The van der Waals surface area contributed by atoms with E-state index in [2.05, 4.69) is 15.5 Å². The first-order valence-corrected chi connectivity index (χ1v) is 7.48. The molecule has 2 N–H and O–H groups in total. The van der Waals surface area contributed by atoms with E-state index in [1.807, 2.05) is 0 Å². The lowest BCUT2D eigenvalue weighted by Gasteiger charge is -2.12. The van der Waals surface area contributed by atoms with Crippen LogP contribution in [0.3, 0.4) is 0 Å². The Morgan fingerprint density at radius 1 is 1.24 bits per heavy atom. The molecule has 0 aliphatic rings. The highest BCUT2D eigenvalue weighted by molar-refractivity contribution is 5.94. The third-order valence-corrected chi connectivity index (χ3v) is 3.65. The van der Waals surface area contributed by atoms with Crippen molar-refractivity contribution in [3.8, 4) is 16.9 Å². The molecule has 0 spiro atoms. The van der Waals surface area contributed by atoms with Crippen LogP contribution < -0.4 is 10.1 Å². The molecule has 5 nitrogen and oxygen atoms in total. The fourth-order valence-corrected chi connectivity index (χ4v) is 2.42. The van der Waals surface area contributed by atoms with Gasteiger partial charge in [0.25, 0.3) is 0 Å². The standard InChI is InChI=1S/C18H15F2N3O2/c1-25-17-7-14(12-9-21-22-10-12)15(20)8-16(17)23-18(24)6-11-2-4-13(19)5-3-11/h2-5,7-10H,6H2,1H3,(H,21,22)(H,23,24). The van der Waals surface area contributed by atoms with E-state index < -0.39 is 5.82 Å². The van der Waals surface area contributed by atoms with Gasteiger partial charge in [-0.2, -0.15) is 5.10 Å². The first kappa shape index (κ1) is 16.6. The molecular weight excluding hydrogens is 328 g/mol. The van der Waals surface area contributed by atoms with Gasteiger partial charge in [-0.15, -0.1) is 0 Å². The normalized spacial score (nSPS) is 10.5. The number of anilines is 1. The largest absolute Gasteiger partial charge is 0.495 e.